The average Bonchev–Trinajstić information content (AvgIpc) is 2.86. The molecule has 0 unspecified atom stereocenters. The Kier molecular flexibility index (Phi) is 4.65. The number of carbonyl (C=O) groups excluding carboxylic acids is 1. The van der Waals surface area contributed by atoms with Crippen LogP contribution in [0.4, 0.5) is 0 Å². The van der Waals surface area contributed by atoms with Gasteiger partial charge in [0.25, 0.3) is 0 Å². The third kappa shape index (κ3) is 3.26. The maximum atomic E-state index is 12.2. The van der Waals surface area contributed by atoms with E-state index in [0.717, 1.165) is 15.5 Å². The summed E-state index contributed by atoms with van der Waals surface area (Å²) in [6.45, 7) is 0.0927. The SMILES string of the molecule is O=C(Cn1cnc2ccccc21)Oc1c(Br)cc(Br)cc1Br. The summed E-state index contributed by atoms with van der Waals surface area (Å²) in [5.41, 5.74) is 1.75. The summed E-state index contributed by atoms with van der Waals surface area (Å²) in [4.78, 5) is 16.4. The second kappa shape index (κ2) is 6.52. The fourth-order valence-electron chi connectivity index (χ4n) is 2.05. The van der Waals surface area contributed by atoms with E-state index in [9.17, 15) is 4.79 Å². The summed E-state index contributed by atoms with van der Waals surface area (Å²) in [6.07, 6.45) is 1.64. The number of ether oxygens (including phenoxy) is 1. The molecule has 0 radical (unpaired) electrons. The quantitative estimate of drug-likeness (QED) is 0.388. The van der Waals surface area contributed by atoms with Gasteiger partial charge in [0.2, 0.25) is 0 Å². The molecular formula is C15H9Br3N2O2. The first-order chi connectivity index (χ1) is 10.5. The van der Waals surface area contributed by atoms with Gasteiger partial charge in [-0.25, -0.2) is 9.78 Å². The first-order valence-electron chi connectivity index (χ1n) is 6.29. The number of para-hydroxylation sites is 2. The lowest BCUT2D eigenvalue weighted by atomic mass is 10.3. The highest BCUT2D eigenvalue weighted by atomic mass is 79.9. The Balaban J connectivity index is 1.81. The smallest absolute Gasteiger partial charge is 0.331 e. The molecule has 4 nitrogen and oxygen atoms in total. The van der Waals surface area contributed by atoms with Crippen molar-refractivity contribution in [3.63, 3.8) is 0 Å². The van der Waals surface area contributed by atoms with Gasteiger partial charge in [0.05, 0.1) is 26.3 Å². The largest absolute Gasteiger partial charge is 0.423 e. The summed E-state index contributed by atoms with van der Waals surface area (Å²) in [5.74, 6) is 0.0875. The molecule has 7 heteroatoms. The van der Waals surface area contributed by atoms with Gasteiger partial charge in [-0.2, -0.15) is 0 Å². The lowest BCUT2D eigenvalue weighted by molar-refractivity contribution is -0.135. The predicted molar refractivity (Wildman–Crippen MR) is 94.9 cm³/mol. The number of carbonyl (C=O) groups is 1. The van der Waals surface area contributed by atoms with Gasteiger partial charge in [-0.15, -0.1) is 0 Å². The van der Waals surface area contributed by atoms with E-state index >= 15 is 0 Å². The van der Waals surface area contributed by atoms with E-state index in [1.807, 2.05) is 36.4 Å². The van der Waals surface area contributed by atoms with Gasteiger partial charge < -0.3 is 9.30 Å². The summed E-state index contributed by atoms with van der Waals surface area (Å²) < 4.78 is 9.48. The van der Waals surface area contributed by atoms with Gasteiger partial charge in [0.1, 0.15) is 6.54 Å². The van der Waals surface area contributed by atoms with Crippen LogP contribution in [0, 0.1) is 0 Å². The maximum Gasteiger partial charge on any atom is 0.331 e. The molecule has 3 rings (SSSR count). The molecule has 0 N–H and O–H groups in total. The van der Waals surface area contributed by atoms with Gasteiger partial charge in [-0.05, 0) is 56.1 Å². The minimum atomic E-state index is -0.369. The van der Waals surface area contributed by atoms with Crippen molar-refractivity contribution in [2.75, 3.05) is 0 Å². The molecule has 0 saturated heterocycles. The molecule has 22 heavy (non-hydrogen) atoms. The van der Waals surface area contributed by atoms with Crippen molar-refractivity contribution in [2.45, 2.75) is 6.54 Å². The number of rotatable bonds is 3. The fourth-order valence-corrected chi connectivity index (χ4v) is 4.47. The molecule has 0 bridgehead atoms. The fraction of sp³-hybridized carbons (Fsp3) is 0.0667. The second-order valence-corrected chi connectivity index (χ2v) is 7.16. The highest BCUT2D eigenvalue weighted by Crippen LogP contribution is 2.36. The molecule has 0 amide bonds. The van der Waals surface area contributed by atoms with Crippen LogP contribution in [0.15, 0.2) is 56.1 Å². The zero-order chi connectivity index (χ0) is 15.7. The van der Waals surface area contributed by atoms with Crippen molar-refractivity contribution in [2.24, 2.45) is 0 Å². The Morgan fingerprint density at radius 1 is 1.14 bits per heavy atom. The van der Waals surface area contributed by atoms with E-state index in [2.05, 4.69) is 52.8 Å². The second-order valence-electron chi connectivity index (χ2n) is 4.53. The van der Waals surface area contributed by atoms with E-state index in [0.29, 0.717) is 14.7 Å². The number of nitrogens with zero attached hydrogens (tertiary/aromatic N) is 2. The van der Waals surface area contributed by atoms with Crippen LogP contribution in [-0.2, 0) is 11.3 Å². The Hall–Kier alpha value is -1.18. The van der Waals surface area contributed by atoms with E-state index in [1.54, 1.807) is 10.9 Å². The van der Waals surface area contributed by atoms with Crippen molar-refractivity contribution in [3.05, 3.63) is 56.1 Å². The summed E-state index contributed by atoms with van der Waals surface area (Å²) in [6, 6.07) is 11.3. The van der Waals surface area contributed by atoms with Crippen LogP contribution in [0.1, 0.15) is 0 Å². The van der Waals surface area contributed by atoms with Gasteiger partial charge in [-0.1, -0.05) is 28.1 Å². The van der Waals surface area contributed by atoms with Crippen molar-refractivity contribution < 1.29 is 9.53 Å². The third-order valence-electron chi connectivity index (χ3n) is 3.01. The molecule has 112 valence electrons. The molecule has 0 saturated carbocycles. The molecule has 2 aromatic carbocycles. The Morgan fingerprint density at radius 2 is 1.82 bits per heavy atom. The van der Waals surface area contributed by atoms with E-state index < -0.39 is 0 Å². The maximum absolute atomic E-state index is 12.2. The first-order valence-corrected chi connectivity index (χ1v) is 8.67. The highest BCUT2D eigenvalue weighted by Gasteiger charge is 2.14. The van der Waals surface area contributed by atoms with E-state index in [-0.39, 0.29) is 12.5 Å². The molecule has 0 atom stereocenters. The molecule has 0 spiro atoms. The van der Waals surface area contributed by atoms with Crippen LogP contribution in [0.25, 0.3) is 11.0 Å². The van der Waals surface area contributed by atoms with Crippen molar-refractivity contribution >= 4 is 64.8 Å². The van der Waals surface area contributed by atoms with Crippen LogP contribution < -0.4 is 4.74 Å². The average molecular weight is 489 g/mol. The lowest BCUT2D eigenvalue weighted by Crippen LogP contribution is -2.16. The van der Waals surface area contributed by atoms with Crippen LogP contribution >= 0.6 is 47.8 Å². The number of esters is 1. The number of aromatic nitrogens is 2. The summed E-state index contributed by atoms with van der Waals surface area (Å²) in [5, 5.41) is 0. The lowest BCUT2D eigenvalue weighted by Gasteiger charge is -2.10. The van der Waals surface area contributed by atoms with E-state index in [4.69, 9.17) is 4.74 Å². The van der Waals surface area contributed by atoms with Gasteiger partial charge in [0, 0.05) is 4.47 Å². The van der Waals surface area contributed by atoms with Crippen LogP contribution in [-0.4, -0.2) is 15.5 Å². The number of benzene rings is 2. The van der Waals surface area contributed by atoms with Crippen LogP contribution in [0.3, 0.4) is 0 Å². The molecule has 1 heterocycles. The van der Waals surface area contributed by atoms with Crippen molar-refractivity contribution in [3.8, 4) is 5.75 Å². The Morgan fingerprint density at radius 3 is 2.55 bits per heavy atom. The number of fused-ring (bicyclic) bond motifs is 1. The predicted octanol–water partition coefficient (Wildman–Crippen LogP) is 4.93. The third-order valence-corrected chi connectivity index (χ3v) is 4.64. The molecule has 0 aliphatic rings. The zero-order valence-corrected chi connectivity index (χ0v) is 15.9. The van der Waals surface area contributed by atoms with Crippen molar-refractivity contribution in [1.82, 2.24) is 9.55 Å². The Labute approximate surface area is 151 Å². The van der Waals surface area contributed by atoms with Crippen molar-refractivity contribution in [1.29, 1.82) is 0 Å². The normalized spacial score (nSPS) is 10.9. The monoisotopic (exact) mass is 486 g/mol. The standard InChI is InChI=1S/C15H9Br3N2O2/c16-9-5-10(17)15(11(18)6-9)22-14(21)7-20-8-19-12-3-1-2-4-13(12)20/h1-6,8H,7H2. The number of hydrogen-bond donors (Lipinski definition) is 0. The summed E-state index contributed by atoms with van der Waals surface area (Å²) in [7, 11) is 0. The number of halogens is 3. The molecular weight excluding hydrogens is 480 g/mol. The summed E-state index contributed by atoms with van der Waals surface area (Å²) >= 11 is 10.2. The Bertz CT molecular complexity index is 838. The van der Waals surface area contributed by atoms with Crippen LogP contribution in [0.2, 0.25) is 0 Å². The zero-order valence-electron chi connectivity index (χ0n) is 11.1. The number of hydrogen-bond acceptors (Lipinski definition) is 3. The van der Waals surface area contributed by atoms with E-state index in [1.165, 1.54) is 0 Å². The molecule has 0 aliphatic carbocycles. The molecule has 0 aliphatic heterocycles. The highest BCUT2D eigenvalue weighted by molar-refractivity contribution is 9.11. The minimum Gasteiger partial charge on any atom is -0.423 e. The first kappa shape index (κ1) is 15.7. The molecule has 1 aromatic heterocycles. The topological polar surface area (TPSA) is 44.1 Å². The van der Waals surface area contributed by atoms with Gasteiger partial charge >= 0.3 is 5.97 Å². The minimum absolute atomic E-state index is 0.0927. The number of imidazole rings is 1. The van der Waals surface area contributed by atoms with Gasteiger partial charge in [-0.3, -0.25) is 0 Å². The molecule has 3 aromatic rings. The molecule has 0 fully saturated rings. The van der Waals surface area contributed by atoms with Gasteiger partial charge in [0.15, 0.2) is 5.75 Å². The van der Waals surface area contributed by atoms with Crippen LogP contribution in [0.5, 0.6) is 5.75 Å².